The molecule has 7 nitrogen and oxygen atoms in total. The number of aryl methyl sites for hydroxylation is 2. The van der Waals surface area contributed by atoms with Crippen LogP contribution >= 0.6 is 0 Å². The summed E-state index contributed by atoms with van der Waals surface area (Å²) >= 11 is 0. The van der Waals surface area contributed by atoms with Crippen LogP contribution in [0, 0.1) is 13.8 Å². The molecule has 0 aliphatic heterocycles. The van der Waals surface area contributed by atoms with Gasteiger partial charge in [-0.2, -0.15) is 0 Å². The average molecular weight is 490 g/mol. The lowest BCUT2D eigenvalue weighted by molar-refractivity contribution is 0.354. The molecule has 0 aliphatic rings. The Labute approximate surface area is 195 Å². The Morgan fingerprint density at radius 2 is 1.39 bits per heavy atom. The summed E-state index contributed by atoms with van der Waals surface area (Å²) in [4.78, 5) is -0.0260. The van der Waals surface area contributed by atoms with E-state index in [0.29, 0.717) is 23.5 Å². The summed E-state index contributed by atoms with van der Waals surface area (Å²) in [6, 6.07) is 15.9. The van der Waals surface area contributed by atoms with Gasteiger partial charge in [0, 0.05) is 6.54 Å². The topological polar surface area (TPSA) is 98.8 Å². The van der Waals surface area contributed by atoms with Gasteiger partial charge in [0.15, 0.2) is 11.5 Å². The van der Waals surface area contributed by atoms with Crippen molar-refractivity contribution < 1.29 is 26.3 Å². The van der Waals surface area contributed by atoms with Crippen molar-refractivity contribution in [3.63, 3.8) is 0 Å². The molecule has 0 amide bonds. The van der Waals surface area contributed by atoms with Crippen LogP contribution in [0.2, 0.25) is 0 Å². The summed E-state index contributed by atoms with van der Waals surface area (Å²) in [5, 5.41) is 0. The SMILES string of the molecule is COc1ccc(CCNS(=O)(=O)c2cc(S(=O)(=O)c3ccc(C)cc3)ccc2C)cc1OC. The lowest BCUT2D eigenvalue weighted by Crippen LogP contribution is -2.27. The molecule has 3 rings (SSSR count). The molecular formula is C24H27NO6S2. The molecule has 0 saturated carbocycles. The van der Waals surface area contributed by atoms with E-state index in [1.54, 1.807) is 38.3 Å². The van der Waals surface area contributed by atoms with Crippen molar-refractivity contribution in [2.75, 3.05) is 20.8 Å². The standard InChI is InChI=1S/C24H27NO6S2/c1-17-5-9-20(10-6-17)32(26,27)21-11-7-18(2)24(16-21)33(28,29)25-14-13-19-8-12-22(30-3)23(15-19)31-4/h5-12,15-16,25H,13-14H2,1-4H3. The van der Waals surface area contributed by atoms with E-state index in [4.69, 9.17) is 9.47 Å². The summed E-state index contributed by atoms with van der Waals surface area (Å²) in [5.41, 5.74) is 2.25. The van der Waals surface area contributed by atoms with Crippen LogP contribution in [0.5, 0.6) is 11.5 Å². The minimum absolute atomic E-state index is 0.0667. The van der Waals surface area contributed by atoms with Crippen LogP contribution in [0.1, 0.15) is 16.7 Å². The molecule has 0 aromatic heterocycles. The predicted octanol–water partition coefficient (Wildman–Crippen LogP) is 3.67. The molecule has 0 atom stereocenters. The van der Waals surface area contributed by atoms with E-state index in [0.717, 1.165) is 11.1 Å². The van der Waals surface area contributed by atoms with Crippen LogP contribution in [0.3, 0.4) is 0 Å². The number of nitrogens with one attached hydrogen (secondary N) is 1. The number of benzene rings is 3. The molecule has 0 saturated heterocycles. The van der Waals surface area contributed by atoms with E-state index >= 15 is 0 Å². The second-order valence-electron chi connectivity index (χ2n) is 7.58. The van der Waals surface area contributed by atoms with Crippen LogP contribution in [0.25, 0.3) is 0 Å². The molecule has 3 aromatic carbocycles. The predicted molar refractivity (Wildman–Crippen MR) is 126 cm³/mol. The molecular weight excluding hydrogens is 462 g/mol. The van der Waals surface area contributed by atoms with Crippen LogP contribution in [0.15, 0.2) is 75.4 Å². The molecule has 0 heterocycles. The number of sulfone groups is 1. The van der Waals surface area contributed by atoms with Crippen molar-refractivity contribution in [3.05, 3.63) is 77.4 Å². The van der Waals surface area contributed by atoms with E-state index in [9.17, 15) is 16.8 Å². The Morgan fingerprint density at radius 1 is 0.758 bits per heavy atom. The maximum Gasteiger partial charge on any atom is 0.240 e. The van der Waals surface area contributed by atoms with Crippen LogP contribution in [-0.4, -0.2) is 37.6 Å². The van der Waals surface area contributed by atoms with Gasteiger partial charge in [0.05, 0.1) is 28.9 Å². The van der Waals surface area contributed by atoms with Gasteiger partial charge in [0.25, 0.3) is 0 Å². The van der Waals surface area contributed by atoms with E-state index < -0.39 is 19.9 Å². The van der Waals surface area contributed by atoms with Crippen LogP contribution in [-0.2, 0) is 26.3 Å². The lowest BCUT2D eigenvalue weighted by atomic mass is 10.1. The fourth-order valence-electron chi connectivity index (χ4n) is 3.33. The Kier molecular flexibility index (Phi) is 7.46. The smallest absolute Gasteiger partial charge is 0.240 e. The molecule has 0 bridgehead atoms. The Hall–Kier alpha value is -2.88. The fraction of sp³-hybridized carbons (Fsp3) is 0.250. The van der Waals surface area contributed by atoms with Crippen LogP contribution in [0.4, 0.5) is 0 Å². The van der Waals surface area contributed by atoms with Gasteiger partial charge in [-0.3, -0.25) is 0 Å². The maximum absolute atomic E-state index is 13.0. The normalized spacial score (nSPS) is 11.9. The Bertz CT molecular complexity index is 1350. The molecule has 0 fully saturated rings. The number of hydrogen-bond acceptors (Lipinski definition) is 6. The number of ether oxygens (including phenoxy) is 2. The highest BCUT2D eigenvalue weighted by atomic mass is 32.2. The molecule has 3 aromatic rings. The molecule has 0 spiro atoms. The van der Waals surface area contributed by atoms with E-state index in [2.05, 4.69) is 4.72 Å². The van der Waals surface area contributed by atoms with Gasteiger partial charge in [-0.05, 0) is 67.8 Å². The highest BCUT2D eigenvalue weighted by Crippen LogP contribution is 2.28. The summed E-state index contributed by atoms with van der Waals surface area (Å²) in [6.45, 7) is 3.62. The van der Waals surface area contributed by atoms with Gasteiger partial charge in [-0.15, -0.1) is 0 Å². The van der Waals surface area contributed by atoms with Gasteiger partial charge >= 0.3 is 0 Å². The Balaban J connectivity index is 1.81. The summed E-state index contributed by atoms with van der Waals surface area (Å²) in [5.74, 6) is 1.15. The zero-order valence-corrected chi connectivity index (χ0v) is 20.6. The zero-order chi connectivity index (χ0) is 24.2. The van der Waals surface area contributed by atoms with Crippen molar-refractivity contribution in [2.45, 2.75) is 35.0 Å². The minimum atomic E-state index is -3.93. The first kappa shape index (κ1) is 24.8. The van der Waals surface area contributed by atoms with Gasteiger partial charge in [0.1, 0.15) is 0 Å². The largest absolute Gasteiger partial charge is 0.493 e. The number of sulfonamides is 1. The van der Waals surface area contributed by atoms with Crippen molar-refractivity contribution >= 4 is 19.9 Å². The summed E-state index contributed by atoms with van der Waals surface area (Å²) in [6.07, 6.45) is 0.417. The molecule has 0 radical (unpaired) electrons. The van der Waals surface area contributed by atoms with Crippen molar-refractivity contribution in [1.82, 2.24) is 4.72 Å². The maximum atomic E-state index is 13.0. The van der Waals surface area contributed by atoms with E-state index in [1.807, 2.05) is 13.0 Å². The Morgan fingerprint density at radius 3 is 2.03 bits per heavy atom. The third-order valence-electron chi connectivity index (χ3n) is 5.24. The number of methoxy groups -OCH3 is 2. The second kappa shape index (κ2) is 9.94. The number of hydrogen-bond donors (Lipinski definition) is 1. The highest BCUT2D eigenvalue weighted by molar-refractivity contribution is 7.91. The van der Waals surface area contributed by atoms with Crippen molar-refractivity contribution in [3.8, 4) is 11.5 Å². The first-order valence-corrected chi connectivity index (χ1v) is 13.2. The second-order valence-corrected chi connectivity index (χ2v) is 11.3. The monoisotopic (exact) mass is 489 g/mol. The molecule has 33 heavy (non-hydrogen) atoms. The van der Waals surface area contributed by atoms with Crippen molar-refractivity contribution in [2.24, 2.45) is 0 Å². The van der Waals surface area contributed by atoms with Gasteiger partial charge in [0.2, 0.25) is 19.9 Å². The molecule has 9 heteroatoms. The van der Waals surface area contributed by atoms with E-state index in [1.165, 1.54) is 37.4 Å². The van der Waals surface area contributed by atoms with Crippen molar-refractivity contribution in [1.29, 1.82) is 0 Å². The van der Waals surface area contributed by atoms with Crippen LogP contribution < -0.4 is 14.2 Å². The summed E-state index contributed by atoms with van der Waals surface area (Å²) in [7, 11) is -4.71. The first-order valence-electron chi connectivity index (χ1n) is 10.2. The van der Waals surface area contributed by atoms with Gasteiger partial charge < -0.3 is 9.47 Å². The zero-order valence-electron chi connectivity index (χ0n) is 19.0. The molecule has 0 aliphatic carbocycles. The molecule has 1 N–H and O–H groups in total. The lowest BCUT2D eigenvalue weighted by Gasteiger charge is -2.13. The van der Waals surface area contributed by atoms with E-state index in [-0.39, 0.29) is 21.2 Å². The summed E-state index contributed by atoms with van der Waals surface area (Å²) < 4.78 is 65.0. The minimum Gasteiger partial charge on any atom is -0.493 e. The quantitative estimate of drug-likeness (QED) is 0.492. The van der Waals surface area contributed by atoms with Gasteiger partial charge in [-0.25, -0.2) is 21.6 Å². The molecule has 176 valence electrons. The average Bonchev–Trinajstić information content (AvgIpc) is 2.79. The highest BCUT2D eigenvalue weighted by Gasteiger charge is 2.23. The number of rotatable bonds is 9. The third-order valence-corrected chi connectivity index (χ3v) is 8.61. The first-order chi connectivity index (χ1) is 15.6. The third kappa shape index (κ3) is 5.55. The fourth-order valence-corrected chi connectivity index (χ4v) is 6.00. The molecule has 0 unspecified atom stereocenters. The van der Waals surface area contributed by atoms with Gasteiger partial charge in [-0.1, -0.05) is 29.8 Å².